The summed E-state index contributed by atoms with van der Waals surface area (Å²) in [6, 6.07) is 13.0. The van der Waals surface area contributed by atoms with Crippen LogP contribution in [-0.2, 0) is 20.6 Å². The van der Waals surface area contributed by atoms with Crippen LogP contribution in [0.4, 0.5) is 0 Å². The highest BCUT2D eigenvalue weighted by molar-refractivity contribution is 7.88. The van der Waals surface area contributed by atoms with E-state index >= 15 is 0 Å². The van der Waals surface area contributed by atoms with Gasteiger partial charge in [0, 0.05) is 24.0 Å². The lowest BCUT2D eigenvalue weighted by molar-refractivity contribution is -0.126. The lowest BCUT2D eigenvalue weighted by Crippen LogP contribution is -2.43. The number of nitrogens with zero attached hydrogens (tertiary/aromatic N) is 1. The molecule has 1 saturated heterocycles. The standard InChI is InChI=1S/C23H29ClN2O3S/c1-16-7-8-22(17(2)13-16)18(3)25-23(27)20-9-11-26(12-10-20)30(28,29)15-19-5-4-6-21(24)14-19/h4-8,13-14,18,20H,9-12,15H2,1-3H3,(H,25,27)/t18-/m1/s1. The van der Waals surface area contributed by atoms with Crippen molar-refractivity contribution in [3.63, 3.8) is 0 Å². The predicted octanol–water partition coefficient (Wildman–Crippen LogP) is 4.38. The number of hydrogen-bond acceptors (Lipinski definition) is 3. The largest absolute Gasteiger partial charge is 0.349 e. The summed E-state index contributed by atoms with van der Waals surface area (Å²) in [4.78, 5) is 12.8. The minimum absolute atomic E-state index is 0.00522. The van der Waals surface area contributed by atoms with Crippen LogP contribution in [0.2, 0.25) is 5.02 Å². The Balaban J connectivity index is 1.56. The van der Waals surface area contributed by atoms with Gasteiger partial charge in [-0.15, -0.1) is 0 Å². The molecular weight excluding hydrogens is 420 g/mol. The Morgan fingerprint density at radius 1 is 1.17 bits per heavy atom. The summed E-state index contributed by atoms with van der Waals surface area (Å²) in [6.45, 7) is 6.81. The van der Waals surface area contributed by atoms with Crippen LogP contribution in [0.15, 0.2) is 42.5 Å². The second-order valence-corrected chi connectivity index (χ2v) is 10.6. The molecule has 30 heavy (non-hydrogen) atoms. The molecule has 0 saturated carbocycles. The van der Waals surface area contributed by atoms with E-state index in [4.69, 9.17) is 11.6 Å². The molecule has 1 N–H and O–H groups in total. The number of piperidine rings is 1. The first kappa shape index (κ1) is 22.8. The van der Waals surface area contributed by atoms with Crippen LogP contribution in [0.25, 0.3) is 0 Å². The number of aryl methyl sites for hydroxylation is 2. The molecule has 0 radical (unpaired) electrons. The van der Waals surface area contributed by atoms with Crippen molar-refractivity contribution < 1.29 is 13.2 Å². The Labute approximate surface area is 184 Å². The van der Waals surface area contributed by atoms with Crippen LogP contribution >= 0.6 is 11.6 Å². The second-order valence-electron chi connectivity index (χ2n) is 8.15. The SMILES string of the molecule is Cc1ccc([C@@H](C)NC(=O)C2CCN(S(=O)(=O)Cc3cccc(Cl)c3)CC2)c(C)c1. The van der Waals surface area contributed by atoms with Crippen LogP contribution in [0.1, 0.15) is 48.1 Å². The van der Waals surface area contributed by atoms with Crippen molar-refractivity contribution in [1.29, 1.82) is 0 Å². The topological polar surface area (TPSA) is 66.5 Å². The van der Waals surface area contributed by atoms with Crippen molar-refractivity contribution in [3.8, 4) is 0 Å². The normalized spacial score (nSPS) is 16.9. The lowest BCUT2D eigenvalue weighted by Gasteiger charge is -2.31. The molecule has 2 aromatic carbocycles. The summed E-state index contributed by atoms with van der Waals surface area (Å²) in [7, 11) is -3.44. The van der Waals surface area contributed by atoms with Gasteiger partial charge in [-0.3, -0.25) is 4.79 Å². The van der Waals surface area contributed by atoms with Crippen molar-refractivity contribution in [2.24, 2.45) is 5.92 Å². The van der Waals surface area contributed by atoms with Gasteiger partial charge in [0.2, 0.25) is 15.9 Å². The summed E-state index contributed by atoms with van der Waals surface area (Å²) in [5.41, 5.74) is 4.13. The van der Waals surface area contributed by atoms with Crippen molar-refractivity contribution in [3.05, 3.63) is 69.7 Å². The Hall–Kier alpha value is -1.89. The van der Waals surface area contributed by atoms with Crippen molar-refractivity contribution in [2.45, 2.75) is 45.4 Å². The van der Waals surface area contributed by atoms with Crippen LogP contribution < -0.4 is 5.32 Å². The fourth-order valence-corrected chi connectivity index (χ4v) is 5.81. The van der Waals surface area contributed by atoms with E-state index in [-0.39, 0.29) is 23.6 Å². The number of carbonyl (C=O) groups excluding carboxylic acids is 1. The molecule has 0 spiro atoms. The highest BCUT2D eigenvalue weighted by Crippen LogP contribution is 2.24. The van der Waals surface area contributed by atoms with Gasteiger partial charge in [0.1, 0.15) is 0 Å². The van der Waals surface area contributed by atoms with Gasteiger partial charge in [0.05, 0.1) is 11.8 Å². The van der Waals surface area contributed by atoms with Gasteiger partial charge in [0.25, 0.3) is 0 Å². The van der Waals surface area contributed by atoms with E-state index in [2.05, 4.69) is 17.4 Å². The van der Waals surface area contributed by atoms with E-state index in [1.54, 1.807) is 24.3 Å². The lowest BCUT2D eigenvalue weighted by atomic mass is 9.95. The molecule has 0 unspecified atom stereocenters. The monoisotopic (exact) mass is 448 g/mol. The number of amides is 1. The van der Waals surface area contributed by atoms with Crippen LogP contribution in [-0.4, -0.2) is 31.7 Å². The second kappa shape index (κ2) is 9.50. The Morgan fingerprint density at radius 3 is 2.50 bits per heavy atom. The van der Waals surface area contributed by atoms with Crippen molar-refractivity contribution in [1.82, 2.24) is 9.62 Å². The molecule has 1 heterocycles. The molecule has 0 bridgehead atoms. The van der Waals surface area contributed by atoms with E-state index in [0.717, 1.165) is 11.1 Å². The maximum Gasteiger partial charge on any atom is 0.223 e. The molecule has 1 fully saturated rings. The summed E-state index contributed by atoms with van der Waals surface area (Å²) in [5.74, 6) is -0.251. The van der Waals surface area contributed by atoms with Gasteiger partial charge < -0.3 is 5.32 Å². The maximum atomic E-state index is 12.8. The Morgan fingerprint density at radius 2 is 1.87 bits per heavy atom. The molecule has 1 aliphatic heterocycles. The van der Waals surface area contributed by atoms with Gasteiger partial charge in [-0.1, -0.05) is 47.5 Å². The zero-order valence-corrected chi connectivity index (χ0v) is 19.3. The Bertz CT molecular complexity index is 1010. The van der Waals surface area contributed by atoms with Gasteiger partial charge in [-0.25, -0.2) is 12.7 Å². The zero-order chi connectivity index (χ0) is 21.9. The van der Waals surface area contributed by atoms with Gasteiger partial charge in [-0.2, -0.15) is 0 Å². The number of halogens is 1. The molecule has 1 atom stereocenters. The minimum atomic E-state index is -3.44. The summed E-state index contributed by atoms with van der Waals surface area (Å²) >= 11 is 5.96. The van der Waals surface area contributed by atoms with Crippen molar-refractivity contribution in [2.75, 3.05) is 13.1 Å². The van der Waals surface area contributed by atoms with Crippen LogP contribution in [0, 0.1) is 19.8 Å². The number of carbonyl (C=O) groups is 1. The highest BCUT2D eigenvalue weighted by atomic mass is 35.5. The third-order valence-electron chi connectivity index (χ3n) is 5.71. The zero-order valence-electron chi connectivity index (χ0n) is 17.7. The number of benzene rings is 2. The third-order valence-corrected chi connectivity index (χ3v) is 7.79. The van der Waals surface area contributed by atoms with Gasteiger partial charge in [0.15, 0.2) is 0 Å². The molecule has 162 valence electrons. The molecule has 1 aliphatic rings. The molecule has 0 aliphatic carbocycles. The molecule has 7 heteroatoms. The van der Waals surface area contributed by atoms with E-state index in [9.17, 15) is 13.2 Å². The van der Waals surface area contributed by atoms with Gasteiger partial charge >= 0.3 is 0 Å². The quantitative estimate of drug-likeness (QED) is 0.713. The highest BCUT2D eigenvalue weighted by Gasteiger charge is 2.31. The average Bonchev–Trinajstić information content (AvgIpc) is 2.67. The molecular formula is C23H29ClN2O3S. The number of rotatable bonds is 6. The maximum absolute atomic E-state index is 12.8. The molecule has 5 nitrogen and oxygen atoms in total. The fourth-order valence-electron chi connectivity index (χ4n) is 4.05. The van der Waals surface area contributed by atoms with E-state index in [1.165, 1.54) is 9.87 Å². The Kier molecular flexibility index (Phi) is 7.22. The summed E-state index contributed by atoms with van der Waals surface area (Å²) in [6.07, 6.45) is 1.06. The predicted molar refractivity (Wildman–Crippen MR) is 121 cm³/mol. The fraction of sp³-hybridized carbons (Fsp3) is 0.435. The van der Waals surface area contributed by atoms with Crippen LogP contribution in [0.3, 0.4) is 0 Å². The number of hydrogen-bond donors (Lipinski definition) is 1. The minimum Gasteiger partial charge on any atom is -0.349 e. The number of nitrogens with one attached hydrogen (secondary N) is 1. The molecule has 2 aromatic rings. The molecule has 0 aromatic heterocycles. The molecule has 1 amide bonds. The first-order valence-corrected chi connectivity index (χ1v) is 12.2. The first-order valence-electron chi connectivity index (χ1n) is 10.3. The van der Waals surface area contributed by atoms with Crippen LogP contribution in [0.5, 0.6) is 0 Å². The summed E-state index contributed by atoms with van der Waals surface area (Å²) in [5, 5.41) is 3.63. The number of sulfonamides is 1. The van der Waals surface area contributed by atoms with Gasteiger partial charge in [-0.05, 0) is 62.4 Å². The smallest absolute Gasteiger partial charge is 0.223 e. The third kappa shape index (κ3) is 5.62. The van der Waals surface area contributed by atoms with E-state index < -0.39 is 10.0 Å². The summed E-state index contributed by atoms with van der Waals surface area (Å²) < 4.78 is 27.0. The van der Waals surface area contributed by atoms with E-state index in [0.29, 0.717) is 36.5 Å². The van der Waals surface area contributed by atoms with E-state index in [1.807, 2.05) is 26.8 Å². The van der Waals surface area contributed by atoms with Crippen molar-refractivity contribution >= 4 is 27.5 Å². The first-order chi connectivity index (χ1) is 14.2. The molecule has 3 rings (SSSR count). The average molecular weight is 449 g/mol.